The average molecular weight is 352 g/mol. The van der Waals surface area contributed by atoms with Crippen LogP contribution in [0.25, 0.3) is 0 Å². The Morgan fingerprint density at radius 2 is 1.73 bits per heavy atom. The van der Waals surface area contributed by atoms with E-state index in [-0.39, 0.29) is 56.9 Å². The van der Waals surface area contributed by atoms with E-state index in [9.17, 15) is 18.0 Å². The molecule has 0 radical (unpaired) electrons. The minimum absolute atomic E-state index is 0. The third-order valence-electron chi connectivity index (χ3n) is 2.77. The van der Waals surface area contributed by atoms with Gasteiger partial charge in [0, 0.05) is 10.6 Å². The van der Waals surface area contributed by atoms with E-state index in [4.69, 9.17) is 5.11 Å². The number of thioether (sulfide) groups is 1. The Morgan fingerprint density at radius 1 is 1.09 bits per heavy atom. The first-order valence-electron chi connectivity index (χ1n) is 5.99. The number of benzene rings is 2. The Morgan fingerprint density at radius 3 is 2.27 bits per heavy atom. The van der Waals surface area contributed by atoms with E-state index in [1.165, 1.54) is 17.8 Å². The molecule has 0 saturated heterocycles. The third-order valence-corrected chi connectivity index (χ3v) is 3.92. The Bertz CT molecular complexity index is 645. The van der Waals surface area contributed by atoms with Crippen LogP contribution in [0.4, 0.5) is 13.2 Å². The normalized spacial score (nSPS) is 10.9. The molecule has 0 heterocycles. The molecule has 0 unspecified atom stereocenters. The summed E-state index contributed by atoms with van der Waals surface area (Å²) in [5, 5.41) is 9.07. The standard InChI is InChI=1S/C15H11F3O2S.K.H/c16-15(17,18)11-6-7-13(12(8-11)14(19)20)21-9-10-4-2-1-3-5-10;;/h1-8H,9H2,(H,19,20);;. The molecule has 7 heteroatoms. The number of hydrogen-bond donors (Lipinski definition) is 1. The molecule has 0 spiro atoms. The zero-order chi connectivity index (χ0) is 15.5. The van der Waals surface area contributed by atoms with Gasteiger partial charge >= 0.3 is 63.5 Å². The fourth-order valence-electron chi connectivity index (χ4n) is 1.73. The summed E-state index contributed by atoms with van der Waals surface area (Å²) >= 11 is 1.20. The van der Waals surface area contributed by atoms with Crippen LogP contribution in [0.5, 0.6) is 0 Å². The number of carboxylic acids is 1. The summed E-state index contributed by atoms with van der Waals surface area (Å²) in [6, 6.07) is 12.1. The van der Waals surface area contributed by atoms with Crippen LogP contribution in [-0.2, 0) is 11.9 Å². The fraction of sp³-hybridized carbons (Fsp3) is 0.133. The molecule has 0 fully saturated rings. The molecule has 2 rings (SSSR count). The molecule has 0 aliphatic heterocycles. The number of aromatic carboxylic acids is 1. The number of carboxylic acid groups (broad SMARTS) is 1. The monoisotopic (exact) mass is 352 g/mol. The van der Waals surface area contributed by atoms with Crippen LogP contribution in [-0.4, -0.2) is 62.5 Å². The van der Waals surface area contributed by atoms with Crippen molar-refractivity contribution in [1.29, 1.82) is 0 Å². The van der Waals surface area contributed by atoms with E-state index in [1.807, 2.05) is 30.3 Å². The van der Waals surface area contributed by atoms with Crippen LogP contribution in [0.3, 0.4) is 0 Å². The topological polar surface area (TPSA) is 37.3 Å². The molecule has 2 nitrogen and oxygen atoms in total. The number of hydrogen-bond acceptors (Lipinski definition) is 2. The van der Waals surface area contributed by atoms with E-state index in [0.29, 0.717) is 16.7 Å². The molecule has 2 aromatic carbocycles. The summed E-state index contributed by atoms with van der Waals surface area (Å²) in [5.41, 5.74) is -0.312. The van der Waals surface area contributed by atoms with E-state index < -0.39 is 17.7 Å². The summed E-state index contributed by atoms with van der Waals surface area (Å²) in [7, 11) is 0. The molecule has 0 aliphatic carbocycles. The molecule has 0 amide bonds. The van der Waals surface area contributed by atoms with Crippen molar-refractivity contribution >= 4 is 69.1 Å². The van der Waals surface area contributed by atoms with Crippen molar-refractivity contribution in [2.75, 3.05) is 0 Å². The van der Waals surface area contributed by atoms with Crippen molar-refractivity contribution in [2.45, 2.75) is 16.8 Å². The number of carbonyl (C=O) groups is 1. The maximum atomic E-state index is 12.6. The summed E-state index contributed by atoms with van der Waals surface area (Å²) in [6.45, 7) is 0. The molecule has 1 N–H and O–H groups in total. The quantitative estimate of drug-likeness (QED) is 0.666. The second-order valence-corrected chi connectivity index (χ2v) is 5.31. The first kappa shape index (κ1) is 19.7. The van der Waals surface area contributed by atoms with Crippen LogP contribution in [0.15, 0.2) is 53.4 Å². The van der Waals surface area contributed by atoms with Gasteiger partial charge in [0.25, 0.3) is 0 Å². The Kier molecular flexibility index (Phi) is 7.64. The van der Waals surface area contributed by atoms with Crippen LogP contribution in [0, 0.1) is 0 Å². The van der Waals surface area contributed by atoms with Crippen molar-refractivity contribution in [1.82, 2.24) is 0 Å². The number of halogens is 3. The van der Waals surface area contributed by atoms with Crippen molar-refractivity contribution in [3.8, 4) is 0 Å². The fourth-order valence-corrected chi connectivity index (χ4v) is 2.72. The van der Waals surface area contributed by atoms with Gasteiger partial charge in [-0.05, 0) is 23.8 Å². The van der Waals surface area contributed by atoms with Crippen molar-refractivity contribution < 1.29 is 23.1 Å². The molecule has 2 aromatic rings. The summed E-state index contributed by atoms with van der Waals surface area (Å²) < 4.78 is 37.8. The second-order valence-electron chi connectivity index (χ2n) is 4.29. The van der Waals surface area contributed by atoms with Crippen LogP contribution < -0.4 is 0 Å². The summed E-state index contributed by atoms with van der Waals surface area (Å²) in [5.74, 6) is -0.872. The van der Waals surface area contributed by atoms with Gasteiger partial charge in [0.15, 0.2) is 0 Å². The van der Waals surface area contributed by atoms with Crippen molar-refractivity contribution in [3.63, 3.8) is 0 Å². The summed E-state index contributed by atoms with van der Waals surface area (Å²) in [4.78, 5) is 11.5. The predicted octanol–water partition coefficient (Wildman–Crippen LogP) is 4.05. The van der Waals surface area contributed by atoms with Gasteiger partial charge in [-0.15, -0.1) is 11.8 Å². The van der Waals surface area contributed by atoms with Gasteiger partial charge in [-0.1, -0.05) is 30.3 Å². The zero-order valence-corrected chi connectivity index (χ0v) is 11.5. The summed E-state index contributed by atoms with van der Waals surface area (Å²) in [6.07, 6.45) is -4.55. The predicted molar refractivity (Wildman–Crippen MR) is 81.6 cm³/mol. The molecule has 0 bridgehead atoms. The number of rotatable bonds is 4. The first-order chi connectivity index (χ1) is 9.88. The molecular formula is C15H12F3KO2S. The Labute approximate surface area is 172 Å². The van der Waals surface area contributed by atoms with Gasteiger partial charge in [-0.25, -0.2) is 4.79 Å². The van der Waals surface area contributed by atoms with E-state index in [2.05, 4.69) is 0 Å². The third kappa shape index (κ3) is 5.40. The Balaban J connectivity index is 0.00000242. The van der Waals surface area contributed by atoms with Gasteiger partial charge < -0.3 is 5.11 Å². The molecule has 0 aliphatic rings. The van der Waals surface area contributed by atoms with E-state index >= 15 is 0 Å². The molecule has 22 heavy (non-hydrogen) atoms. The van der Waals surface area contributed by atoms with Crippen molar-refractivity contribution in [3.05, 3.63) is 65.2 Å². The van der Waals surface area contributed by atoms with Crippen LogP contribution in [0.1, 0.15) is 21.5 Å². The van der Waals surface area contributed by atoms with Crippen LogP contribution in [0.2, 0.25) is 0 Å². The second kappa shape index (κ2) is 8.51. The minimum atomic E-state index is -4.55. The first-order valence-corrected chi connectivity index (χ1v) is 6.98. The van der Waals surface area contributed by atoms with Gasteiger partial charge in [0.2, 0.25) is 0 Å². The average Bonchev–Trinajstić information content (AvgIpc) is 2.45. The Hall–Kier alpha value is -0.314. The molecule has 0 saturated carbocycles. The molecule has 0 atom stereocenters. The molecule has 112 valence electrons. The van der Waals surface area contributed by atoms with E-state index in [0.717, 1.165) is 11.6 Å². The van der Waals surface area contributed by atoms with Crippen molar-refractivity contribution in [2.24, 2.45) is 0 Å². The molecular weight excluding hydrogens is 340 g/mol. The molecule has 0 aromatic heterocycles. The maximum absolute atomic E-state index is 12.6. The van der Waals surface area contributed by atoms with Gasteiger partial charge in [-0.2, -0.15) is 13.2 Å². The van der Waals surface area contributed by atoms with Gasteiger partial charge in [-0.3, -0.25) is 0 Å². The van der Waals surface area contributed by atoms with Crippen LogP contribution >= 0.6 is 11.8 Å². The SMILES string of the molecule is O=C(O)c1cc(C(F)(F)F)ccc1SCc1ccccc1.[KH]. The van der Waals surface area contributed by atoms with Gasteiger partial charge in [0.1, 0.15) is 0 Å². The van der Waals surface area contributed by atoms with Gasteiger partial charge in [0.05, 0.1) is 11.1 Å². The zero-order valence-electron chi connectivity index (χ0n) is 10.7. The van der Waals surface area contributed by atoms with E-state index in [1.54, 1.807) is 0 Å². The number of alkyl halides is 3.